The maximum Gasteiger partial charge on any atom is 0.176 e. The van der Waals surface area contributed by atoms with Crippen molar-refractivity contribution in [2.75, 3.05) is 82.9 Å². The monoisotopic (exact) mass is 458 g/mol. The Morgan fingerprint density at radius 1 is 0.794 bits per heavy atom. The van der Waals surface area contributed by atoms with Crippen molar-refractivity contribution in [3.8, 4) is 5.75 Å². The van der Waals surface area contributed by atoms with Gasteiger partial charge in [0.2, 0.25) is 0 Å². The lowest BCUT2D eigenvalue weighted by molar-refractivity contribution is 0.0926. The molecule has 0 unspecified atom stereocenters. The molecule has 2 aliphatic rings. The molecule has 0 bridgehead atoms. The Hall–Kier alpha value is -3.09. The first-order chi connectivity index (χ1) is 16.6. The summed E-state index contributed by atoms with van der Waals surface area (Å²) < 4.78 is 5.68. The van der Waals surface area contributed by atoms with Crippen LogP contribution in [0, 0.1) is 0 Å². The average Bonchev–Trinajstić information content (AvgIpc) is 2.89. The highest BCUT2D eigenvalue weighted by atomic mass is 16.5. The van der Waals surface area contributed by atoms with Gasteiger partial charge in [-0.15, -0.1) is 0 Å². The minimum atomic E-state index is 0.195. The molecule has 0 amide bonds. The van der Waals surface area contributed by atoms with Gasteiger partial charge in [0.15, 0.2) is 5.78 Å². The lowest BCUT2D eigenvalue weighted by Gasteiger charge is -2.38. The number of hydrogen-bond acceptors (Lipinski definition) is 6. The van der Waals surface area contributed by atoms with Crippen LogP contribution in [0.2, 0.25) is 0 Å². The summed E-state index contributed by atoms with van der Waals surface area (Å²) in [6.45, 7) is 8.24. The molecule has 0 aliphatic carbocycles. The predicted molar refractivity (Wildman–Crippen MR) is 140 cm³/mol. The third-order valence-electron chi connectivity index (χ3n) is 7.18. The number of rotatable bonds is 6. The third-order valence-corrected chi connectivity index (χ3v) is 7.18. The van der Waals surface area contributed by atoms with Crippen LogP contribution in [0.25, 0.3) is 10.8 Å². The van der Waals surface area contributed by atoms with Gasteiger partial charge in [0.25, 0.3) is 0 Å². The highest BCUT2D eigenvalue weighted by molar-refractivity contribution is 6.01. The minimum Gasteiger partial charge on any atom is -0.495 e. The van der Waals surface area contributed by atoms with E-state index in [0.717, 1.165) is 69.1 Å². The largest absolute Gasteiger partial charge is 0.495 e. The fourth-order valence-corrected chi connectivity index (χ4v) is 4.99. The molecule has 2 saturated heterocycles. The molecule has 34 heavy (non-hydrogen) atoms. The number of carbonyl (C=O) groups excluding carboxylic acids is 1. The Labute approximate surface area is 202 Å². The van der Waals surface area contributed by atoms with E-state index in [1.165, 1.54) is 16.8 Å². The van der Waals surface area contributed by atoms with Gasteiger partial charge in [-0.1, -0.05) is 36.4 Å². The molecule has 0 spiro atoms. The molecule has 0 N–H and O–H groups in total. The molecular weight excluding hydrogens is 424 g/mol. The summed E-state index contributed by atoms with van der Waals surface area (Å²) in [7, 11) is 3.93. The van der Waals surface area contributed by atoms with Crippen LogP contribution < -0.4 is 14.5 Å². The summed E-state index contributed by atoms with van der Waals surface area (Å²) in [5.74, 6) is 1.13. The molecule has 0 saturated carbocycles. The second-order valence-electron chi connectivity index (χ2n) is 9.39. The number of anilines is 2. The quantitative estimate of drug-likeness (QED) is 0.526. The smallest absolute Gasteiger partial charge is 0.176 e. The molecule has 3 aromatic carbocycles. The summed E-state index contributed by atoms with van der Waals surface area (Å²) >= 11 is 0. The number of likely N-dealkylation sites (N-methyl/N-ethyl adjacent to an activating group) is 1. The third kappa shape index (κ3) is 4.88. The zero-order valence-corrected chi connectivity index (χ0v) is 20.2. The second-order valence-corrected chi connectivity index (χ2v) is 9.39. The zero-order valence-electron chi connectivity index (χ0n) is 20.2. The summed E-state index contributed by atoms with van der Waals surface area (Å²) in [6, 6.07) is 20.7. The van der Waals surface area contributed by atoms with Gasteiger partial charge in [-0.05, 0) is 42.1 Å². The van der Waals surface area contributed by atoms with Gasteiger partial charge < -0.3 is 19.4 Å². The van der Waals surface area contributed by atoms with E-state index >= 15 is 0 Å². The van der Waals surface area contributed by atoms with Crippen LogP contribution in [-0.4, -0.2) is 88.6 Å². The fraction of sp³-hybridized carbons (Fsp3) is 0.393. The van der Waals surface area contributed by atoms with Crippen molar-refractivity contribution in [1.29, 1.82) is 0 Å². The molecule has 0 aromatic heterocycles. The number of benzene rings is 3. The van der Waals surface area contributed by atoms with Gasteiger partial charge in [-0.3, -0.25) is 9.69 Å². The molecule has 6 heteroatoms. The van der Waals surface area contributed by atoms with E-state index in [1.807, 2.05) is 30.3 Å². The standard InChI is InChI=1S/C28H34N4O2/c1-29-11-15-32(16-12-29)26-20-25(9-10-28(26)34-2)31-17-13-30(14-18-31)21-27(33)24-8-7-22-5-3-4-6-23(22)19-24/h3-10,19-20H,11-18,21H2,1-2H3. The number of fused-ring (bicyclic) bond motifs is 1. The minimum absolute atomic E-state index is 0.195. The Morgan fingerprint density at radius 3 is 2.24 bits per heavy atom. The van der Waals surface area contributed by atoms with E-state index in [2.05, 4.69) is 57.0 Å². The SMILES string of the molecule is COc1ccc(N2CCN(CC(=O)c3ccc4ccccc4c3)CC2)cc1N1CCN(C)CC1. The summed E-state index contributed by atoms with van der Waals surface area (Å²) in [5.41, 5.74) is 3.21. The van der Waals surface area contributed by atoms with Crippen LogP contribution in [0.15, 0.2) is 60.7 Å². The molecule has 3 aromatic rings. The summed E-state index contributed by atoms with van der Waals surface area (Å²) in [6.07, 6.45) is 0. The normalized spacial score (nSPS) is 17.8. The van der Waals surface area contributed by atoms with Gasteiger partial charge in [-0.25, -0.2) is 0 Å². The van der Waals surface area contributed by atoms with Crippen molar-refractivity contribution >= 4 is 27.9 Å². The Kier molecular flexibility index (Phi) is 6.70. The number of ether oxygens (including phenoxy) is 1. The van der Waals surface area contributed by atoms with E-state index in [4.69, 9.17) is 4.74 Å². The lowest BCUT2D eigenvalue weighted by Crippen LogP contribution is -2.48. The molecule has 178 valence electrons. The number of nitrogens with zero attached hydrogens (tertiary/aromatic N) is 4. The number of Topliss-reactive ketones (excluding diaryl/α,β-unsaturated/α-hetero) is 1. The molecule has 2 aliphatic heterocycles. The highest BCUT2D eigenvalue weighted by Gasteiger charge is 2.23. The molecule has 0 atom stereocenters. The van der Waals surface area contributed by atoms with E-state index in [0.29, 0.717) is 6.54 Å². The molecule has 2 heterocycles. The van der Waals surface area contributed by atoms with Crippen LogP contribution in [0.4, 0.5) is 11.4 Å². The van der Waals surface area contributed by atoms with Crippen molar-refractivity contribution in [2.45, 2.75) is 0 Å². The van der Waals surface area contributed by atoms with Crippen LogP contribution in [0.5, 0.6) is 5.75 Å². The number of carbonyl (C=O) groups is 1. The number of hydrogen-bond donors (Lipinski definition) is 0. The fourth-order valence-electron chi connectivity index (χ4n) is 4.99. The zero-order chi connectivity index (χ0) is 23.5. The van der Waals surface area contributed by atoms with Gasteiger partial charge >= 0.3 is 0 Å². The lowest BCUT2D eigenvalue weighted by atomic mass is 10.0. The number of piperazine rings is 2. The van der Waals surface area contributed by atoms with Gasteiger partial charge in [0.1, 0.15) is 5.75 Å². The molecule has 5 rings (SSSR count). The molecule has 6 nitrogen and oxygen atoms in total. The van der Waals surface area contributed by atoms with E-state index in [9.17, 15) is 4.79 Å². The second kappa shape index (κ2) is 10.0. The number of methoxy groups -OCH3 is 1. The van der Waals surface area contributed by atoms with E-state index in [-0.39, 0.29) is 5.78 Å². The predicted octanol–water partition coefficient (Wildman–Crippen LogP) is 3.61. The van der Waals surface area contributed by atoms with Gasteiger partial charge in [0.05, 0.1) is 19.3 Å². The van der Waals surface area contributed by atoms with Crippen LogP contribution in [-0.2, 0) is 0 Å². The number of ketones is 1. The van der Waals surface area contributed by atoms with Crippen LogP contribution in [0.1, 0.15) is 10.4 Å². The first-order valence-corrected chi connectivity index (χ1v) is 12.2. The topological polar surface area (TPSA) is 39.3 Å². The maximum absolute atomic E-state index is 12.9. The van der Waals surface area contributed by atoms with Gasteiger partial charge in [0, 0.05) is 63.6 Å². The first-order valence-electron chi connectivity index (χ1n) is 12.2. The van der Waals surface area contributed by atoms with Crippen molar-refractivity contribution in [1.82, 2.24) is 9.80 Å². The Bertz CT molecular complexity index is 1150. The Balaban J connectivity index is 1.21. The van der Waals surface area contributed by atoms with E-state index in [1.54, 1.807) is 7.11 Å². The van der Waals surface area contributed by atoms with Crippen molar-refractivity contribution in [2.24, 2.45) is 0 Å². The summed E-state index contributed by atoms with van der Waals surface area (Å²) in [4.78, 5) is 22.4. The molecule has 2 fully saturated rings. The first kappa shape index (κ1) is 22.7. The van der Waals surface area contributed by atoms with Crippen molar-refractivity contribution < 1.29 is 9.53 Å². The van der Waals surface area contributed by atoms with Crippen LogP contribution in [0.3, 0.4) is 0 Å². The van der Waals surface area contributed by atoms with Crippen molar-refractivity contribution in [3.05, 3.63) is 66.2 Å². The van der Waals surface area contributed by atoms with Crippen LogP contribution >= 0.6 is 0 Å². The molecular formula is C28H34N4O2. The Morgan fingerprint density at radius 2 is 1.50 bits per heavy atom. The van der Waals surface area contributed by atoms with E-state index < -0.39 is 0 Å². The van der Waals surface area contributed by atoms with Gasteiger partial charge in [-0.2, -0.15) is 0 Å². The summed E-state index contributed by atoms with van der Waals surface area (Å²) in [5, 5.41) is 2.29. The highest BCUT2D eigenvalue weighted by Crippen LogP contribution is 2.33. The maximum atomic E-state index is 12.9. The average molecular weight is 459 g/mol. The van der Waals surface area contributed by atoms with Crippen molar-refractivity contribution in [3.63, 3.8) is 0 Å². The molecule has 0 radical (unpaired) electrons.